The molecular weight excluding hydrogens is 308 g/mol. The van der Waals surface area contributed by atoms with Crippen molar-refractivity contribution in [3.63, 3.8) is 0 Å². The van der Waals surface area contributed by atoms with Gasteiger partial charge in [0, 0.05) is 37.2 Å². The molecule has 1 aliphatic heterocycles. The molecule has 3 rings (SSSR count). The molecule has 1 fully saturated rings. The maximum Gasteiger partial charge on any atom is 0.323 e. The van der Waals surface area contributed by atoms with E-state index in [9.17, 15) is 14.4 Å². The molecule has 24 heavy (non-hydrogen) atoms. The SMILES string of the molecule is CC(C)(C)C(=O)N1CCN(C(=O)c2ccc3[nH]c(=O)[nH]c3c2)CC1. The Labute approximate surface area is 139 Å². The molecule has 7 nitrogen and oxygen atoms in total. The number of nitrogens with one attached hydrogen (secondary N) is 2. The topological polar surface area (TPSA) is 89.3 Å². The van der Waals surface area contributed by atoms with Crippen LogP contribution in [0.2, 0.25) is 0 Å². The lowest BCUT2D eigenvalue weighted by molar-refractivity contribution is -0.140. The van der Waals surface area contributed by atoms with Crippen LogP contribution < -0.4 is 5.69 Å². The predicted molar refractivity (Wildman–Crippen MR) is 90.9 cm³/mol. The lowest BCUT2D eigenvalue weighted by atomic mass is 9.94. The van der Waals surface area contributed by atoms with Gasteiger partial charge in [-0.2, -0.15) is 0 Å². The summed E-state index contributed by atoms with van der Waals surface area (Å²) in [7, 11) is 0. The molecule has 2 aromatic rings. The molecule has 128 valence electrons. The van der Waals surface area contributed by atoms with Gasteiger partial charge in [0.25, 0.3) is 5.91 Å². The van der Waals surface area contributed by atoms with E-state index in [1.54, 1.807) is 23.1 Å². The van der Waals surface area contributed by atoms with Crippen molar-refractivity contribution in [2.75, 3.05) is 26.2 Å². The van der Waals surface area contributed by atoms with Crippen LogP contribution in [0, 0.1) is 5.41 Å². The molecule has 0 spiro atoms. The van der Waals surface area contributed by atoms with Gasteiger partial charge >= 0.3 is 5.69 Å². The number of H-pyrrole nitrogens is 2. The predicted octanol–water partition coefficient (Wildman–Crippen LogP) is 1.19. The Morgan fingerprint density at radius 1 is 0.958 bits per heavy atom. The number of carbonyl (C=O) groups excluding carboxylic acids is 2. The highest BCUT2D eigenvalue weighted by molar-refractivity contribution is 5.97. The number of carbonyl (C=O) groups is 2. The summed E-state index contributed by atoms with van der Waals surface area (Å²) >= 11 is 0. The molecule has 1 aliphatic rings. The molecule has 0 atom stereocenters. The van der Waals surface area contributed by atoms with Gasteiger partial charge in [-0.05, 0) is 18.2 Å². The van der Waals surface area contributed by atoms with E-state index in [0.29, 0.717) is 42.8 Å². The van der Waals surface area contributed by atoms with Crippen molar-refractivity contribution in [2.24, 2.45) is 5.41 Å². The fourth-order valence-electron chi connectivity index (χ4n) is 2.94. The summed E-state index contributed by atoms with van der Waals surface area (Å²) in [4.78, 5) is 45.1. The first-order valence-corrected chi connectivity index (χ1v) is 8.06. The van der Waals surface area contributed by atoms with Crippen LogP contribution >= 0.6 is 0 Å². The third-order valence-corrected chi connectivity index (χ3v) is 4.26. The highest BCUT2D eigenvalue weighted by Gasteiger charge is 2.31. The Bertz CT molecular complexity index is 835. The molecule has 0 unspecified atom stereocenters. The molecule has 2 N–H and O–H groups in total. The first-order valence-electron chi connectivity index (χ1n) is 8.06. The smallest absolute Gasteiger partial charge is 0.323 e. The minimum atomic E-state index is -0.405. The van der Waals surface area contributed by atoms with E-state index in [4.69, 9.17) is 0 Å². The Balaban J connectivity index is 1.70. The number of hydrogen-bond acceptors (Lipinski definition) is 3. The summed E-state index contributed by atoms with van der Waals surface area (Å²) in [5, 5.41) is 0. The highest BCUT2D eigenvalue weighted by atomic mass is 16.2. The number of aromatic nitrogens is 2. The first-order chi connectivity index (χ1) is 11.3. The van der Waals surface area contributed by atoms with Crippen molar-refractivity contribution < 1.29 is 9.59 Å². The molecule has 2 amide bonds. The van der Waals surface area contributed by atoms with E-state index in [0.717, 1.165) is 0 Å². The second-order valence-electron chi connectivity index (χ2n) is 7.17. The Hall–Kier alpha value is -2.57. The molecule has 1 saturated heterocycles. The van der Waals surface area contributed by atoms with E-state index in [1.165, 1.54) is 0 Å². The van der Waals surface area contributed by atoms with Crippen LogP contribution in [0.1, 0.15) is 31.1 Å². The number of imidazole rings is 1. The van der Waals surface area contributed by atoms with Crippen molar-refractivity contribution in [1.82, 2.24) is 19.8 Å². The molecule has 0 aliphatic carbocycles. The molecule has 0 bridgehead atoms. The minimum Gasteiger partial charge on any atom is -0.339 e. The Morgan fingerprint density at radius 3 is 2.17 bits per heavy atom. The normalized spacial score (nSPS) is 15.8. The fraction of sp³-hybridized carbons (Fsp3) is 0.471. The number of aromatic amines is 2. The highest BCUT2D eigenvalue weighted by Crippen LogP contribution is 2.19. The average Bonchev–Trinajstić information content (AvgIpc) is 2.91. The number of fused-ring (bicyclic) bond motifs is 1. The van der Waals surface area contributed by atoms with E-state index < -0.39 is 5.41 Å². The van der Waals surface area contributed by atoms with Crippen molar-refractivity contribution in [3.05, 3.63) is 34.2 Å². The summed E-state index contributed by atoms with van der Waals surface area (Å²) < 4.78 is 0. The van der Waals surface area contributed by atoms with Crippen LogP contribution in [-0.2, 0) is 4.79 Å². The van der Waals surface area contributed by atoms with E-state index in [2.05, 4.69) is 9.97 Å². The van der Waals surface area contributed by atoms with Gasteiger partial charge < -0.3 is 19.8 Å². The summed E-state index contributed by atoms with van der Waals surface area (Å²) in [6, 6.07) is 5.11. The van der Waals surface area contributed by atoms with Gasteiger partial charge in [-0.15, -0.1) is 0 Å². The second-order valence-corrected chi connectivity index (χ2v) is 7.17. The standard InChI is InChI=1S/C17H22N4O3/c1-17(2,3)15(23)21-8-6-20(7-9-21)14(22)11-4-5-12-13(10-11)19-16(24)18-12/h4-5,10H,6-9H2,1-3H3,(H2,18,19,24). The number of amides is 2. The van der Waals surface area contributed by atoms with Gasteiger partial charge in [0.2, 0.25) is 5.91 Å². The lowest BCUT2D eigenvalue weighted by Crippen LogP contribution is -2.53. The molecule has 0 saturated carbocycles. The summed E-state index contributed by atoms with van der Waals surface area (Å²) in [6.07, 6.45) is 0. The van der Waals surface area contributed by atoms with Crippen molar-refractivity contribution in [3.8, 4) is 0 Å². The number of nitrogens with zero attached hydrogens (tertiary/aromatic N) is 2. The molecule has 1 aromatic heterocycles. The lowest BCUT2D eigenvalue weighted by Gasteiger charge is -2.37. The summed E-state index contributed by atoms with van der Waals surface area (Å²) in [6.45, 7) is 7.83. The molecule has 2 heterocycles. The zero-order valence-corrected chi connectivity index (χ0v) is 14.2. The van der Waals surface area contributed by atoms with Crippen molar-refractivity contribution >= 4 is 22.8 Å². The van der Waals surface area contributed by atoms with Crippen LogP contribution in [0.25, 0.3) is 11.0 Å². The first kappa shape index (κ1) is 16.3. The molecule has 1 aromatic carbocycles. The number of benzene rings is 1. The van der Waals surface area contributed by atoms with E-state index in [1.807, 2.05) is 25.7 Å². The average molecular weight is 330 g/mol. The minimum absolute atomic E-state index is 0.0817. The van der Waals surface area contributed by atoms with E-state index >= 15 is 0 Å². The fourth-order valence-corrected chi connectivity index (χ4v) is 2.94. The quantitative estimate of drug-likeness (QED) is 0.823. The third-order valence-electron chi connectivity index (χ3n) is 4.26. The monoisotopic (exact) mass is 330 g/mol. The third kappa shape index (κ3) is 3.06. The van der Waals surface area contributed by atoms with Crippen LogP contribution in [0.4, 0.5) is 0 Å². The zero-order chi connectivity index (χ0) is 17.5. The number of piperazine rings is 1. The van der Waals surface area contributed by atoms with Crippen LogP contribution in [0.15, 0.2) is 23.0 Å². The number of hydrogen-bond donors (Lipinski definition) is 2. The van der Waals surface area contributed by atoms with Gasteiger partial charge in [0.15, 0.2) is 0 Å². The van der Waals surface area contributed by atoms with Gasteiger partial charge in [-0.25, -0.2) is 4.79 Å². The van der Waals surface area contributed by atoms with Gasteiger partial charge in [0.05, 0.1) is 11.0 Å². The molecule has 0 radical (unpaired) electrons. The zero-order valence-electron chi connectivity index (χ0n) is 14.2. The van der Waals surface area contributed by atoms with Gasteiger partial charge in [-0.3, -0.25) is 9.59 Å². The van der Waals surface area contributed by atoms with Gasteiger partial charge in [-0.1, -0.05) is 20.8 Å². The molecule has 7 heteroatoms. The second kappa shape index (κ2) is 5.81. The van der Waals surface area contributed by atoms with Crippen LogP contribution in [0.5, 0.6) is 0 Å². The van der Waals surface area contributed by atoms with Crippen LogP contribution in [0.3, 0.4) is 0 Å². The Morgan fingerprint density at radius 2 is 1.54 bits per heavy atom. The summed E-state index contributed by atoms with van der Waals surface area (Å²) in [5.41, 5.74) is 1.14. The van der Waals surface area contributed by atoms with E-state index in [-0.39, 0.29) is 17.5 Å². The maximum atomic E-state index is 12.6. The Kier molecular flexibility index (Phi) is 3.95. The maximum absolute atomic E-state index is 12.6. The molecular formula is C17H22N4O3. The van der Waals surface area contributed by atoms with Crippen LogP contribution in [-0.4, -0.2) is 57.8 Å². The summed E-state index contributed by atoms with van der Waals surface area (Å²) in [5.74, 6) is 0.0303. The van der Waals surface area contributed by atoms with Crippen molar-refractivity contribution in [1.29, 1.82) is 0 Å². The number of rotatable bonds is 1. The van der Waals surface area contributed by atoms with Crippen molar-refractivity contribution in [2.45, 2.75) is 20.8 Å². The largest absolute Gasteiger partial charge is 0.339 e. The van der Waals surface area contributed by atoms with Gasteiger partial charge in [0.1, 0.15) is 0 Å².